The van der Waals surface area contributed by atoms with Gasteiger partial charge in [-0.05, 0) is 37.5 Å². The molecule has 0 spiro atoms. The van der Waals surface area contributed by atoms with Crippen LogP contribution in [0, 0.1) is 0 Å². The number of thioether (sulfide) groups is 1. The number of likely N-dealkylation sites (N-methyl/N-ethyl adjacent to an activating group) is 1. The summed E-state index contributed by atoms with van der Waals surface area (Å²) in [5, 5.41) is 3.46. The minimum atomic E-state index is 0.964. The number of rotatable bonds is 7. The lowest BCUT2D eigenvalue weighted by Crippen LogP contribution is -2.28. The minimum Gasteiger partial charge on any atom is -0.311 e. The Balaban J connectivity index is 2.21. The van der Waals surface area contributed by atoms with Crippen molar-refractivity contribution in [2.24, 2.45) is 0 Å². The van der Waals surface area contributed by atoms with Crippen LogP contribution >= 0.6 is 11.8 Å². The molecule has 1 aromatic rings. The van der Waals surface area contributed by atoms with E-state index in [1.54, 1.807) is 11.8 Å². The molecule has 3 heteroatoms. The quantitative estimate of drug-likeness (QED) is 0.580. The molecule has 0 aromatic heterocycles. The topological polar surface area (TPSA) is 15.3 Å². The van der Waals surface area contributed by atoms with Gasteiger partial charge in [-0.15, -0.1) is 11.8 Å². The second kappa shape index (κ2) is 7.71. The summed E-state index contributed by atoms with van der Waals surface area (Å²) in [5.41, 5.74) is 1.36. The summed E-state index contributed by atoms with van der Waals surface area (Å²) in [6.45, 7) is 6.42. The van der Waals surface area contributed by atoms with Crippen molar-refractivity contribution in [3.8, 4) is 0 Å². The number of nitrogens with zero attached hydrogens (tertiary/aromatic N) is 1. The van der Waals surface area contributed by atoms with Crippen molar-refractivity contribution >= 4 is 11.8 Å². The van der Waals surface area contributed by atoms with Crippen LogP contribution in [0.4, 0.5) is 0 Å². The molecule has 90 valence electrons. The molecule has 0 aliphatic carbocycles. The monoisotopic (exact) mass is 238 g/mol. The van der Waals surface area contributed by atoms with Gasteiger partial charge in [0.1, 0.15) is 0 Å². The van der Waals surface area contributed by atoms with E-state index in [0.717, 1.165) is 26.2 Å². The van der Waals surface area contributed by atoms with Gasteiger partial charge in [-0.3, -0.25) is 0 Å². The van der Waals surface area contributed by atoms with Crippen LogP contribution in [0.1, 0.15) is 12.5 Å². The molecule has 0 radical (unpaired) electrons. The third-order valence-electron chi connectivity index (χ3n) is 2.70. The fourth-order valence-corrected chi connectivity index (χ4v) is 1.81. The predicted octanol–water partition coefficient (Wildman–Crippen LogP) is 2.45. The highest BCUT2D eigenvalue weighted by Crippen LogP contribution is 2.14. The second-order valence-electron chi connectivity index (χ2n) is 3.92. The van der Waals surface area contributed by atoms with E-state index < -0.39 is 0 Å². The molecule has 0 fully saturated rings. The van der Waals surface area contributed by atoms with E-state index >= 15 is 0 Å². The lowest BCUT2D eigenvalue weighted by atomic mass is 10.2. The fourth-order valence-electron chi connectivity index (χ4n) is 1.40. The Bertz CT molecular complexity index is 284. The van der Waals surface area contributed by atoms with Crippen molar-refractivity contribution < 1.29 is 0 Å². The van der Waals surface area contributed by atoms with Gasteiger partial charge in [-0.2, -0.15) is 0 Å². The molecule has 0 amide bonds. The third-order valence-corrected chi connectivity index (χ3v) is 3.44. The van der Waals surface area contributed by atoms with Crippen LogP contribution in [0.25, 0.3) is 0 Å². The van der Waals surface area contributed by atoms with Gasteiger partial charge < -0.3 is 10.2 Å². The molecule has 0 bridgehead atoms. The van der Waals surface area contributed by atoms with Crippen LogP contribution in [-0.2, 0) is 6.54 Å². The molecule has 0 aliphatic heterocycles. The first-order valence-corrected chi connectivity index (χ1v) is 7.01. The van der Waals surface area contributed by atoms with Gasteiger partial charge in [0.25, 0.3) is 0 Å². The van der Waals surface area contributed by atoms with Crippen molar-refractivity contribution in [2.45, 2.75) is 18.4 Å². The normalized spacial score (nSPS) is 11.0. The summed E-state index contributed by atoms with van der Waals surface area (Å²) >= 11 is 1.79. The smallest absolute Gasteiger partial charge is 0.0206 e. The van der Waals surface area contributed by atoms with Crippen molar-refractivity contribution in [3.63, 3.8) is 0 Å². The van der Waals surface area contributed by atoms with Gasteiger partial charge in [0, 0.05) is 24.5 Å². The van der Waals surface area contributed by atoms with Crippen molar-refractivity contribution in [1.29, 1.82) is 0 Å². The van der Waals surface area contributed by atoms with Crippen LogP contribution in [0.2, 0.25) is 0 Å². The number of nitrogens with one attached hydrogen (secondary N) is 1. The van der Waals surface area contributed by atoms with Gasteiger partial charge in [0.15, 0.2) is 0 Å². The highest BCUT2D eigenvalue weighted by Gasteiger charge is 1.95. The van der Waals surface area contributed by atoms with E-state index in [-0.39, 0.29) is 0 Å². The van der Waals surface area contributed by atoms with Crippen LogP contribution < -0.4 is 5.32 Å². The van der Waals surface area contributed by atoms with Gasteiger partial charge in [0.2, 0.25) is 0 Å². The fraction of sp³-hybridized carbons (Fsp3) is 0.538. The van der Waals surface area contributed by atoms with E-state index in [2.05, 4.69) is 54.7 Å². The molecule has 0 aliphatic rings. The van der Waals surface area contributed by atoms with E-state index in [0.29, 0.717) is 0 Å². The first-order valence-electron chi connectivity index (χ1n) is 5.78. The van der Waals surface area contributed by atoms with E-state index in [4.69, 9.17) is 0 Å². The van der Waals surface area contributed by atoms with Gasteiger partial charge in [-0.1, -0.05) is 19.1 Å². The number of hydrogen-bond acceptors (Lipinski definition) is 3. The van der Waals surface area contributed by atoms with Crippen LogP contribution in [0.5, 0.6) is 0 Å². The largest absolute Gasteiger partial charge is 0.311 e. The summed E-state index contributed by atoms with van der Waals surface area (Å²) in [7, 11) is 2.15. The molecule has 0 atom stereocenters. The average molecular weight is 238 g/mol. The highest BCUT2D eigenvalue weighted by atomic mass is 32.2. The summed E-state index contributed by atoms with van der Waals surface area (Å²) in [5.74, 6) is 0. The molecule has 0 saturated carbocycles. The Morgan fingerprint density at radius 2 is 1.94 bits per heavy atom. The Kier molecular flexibility index (Phi) is 6.53. The minimum absolute atomic E-state index is 0.964. The molecule has 1 N–H and O–H groups in total. The maximum atomic E-state index is 3.46. The molecule has 0 heterocycles. The van der Waals surface area contributed by atoms with Crippen LogP contribution in [0.3, 0.4) is 0 Å². The first-order chi connectivity index (χ1) is 7.76. The van der Waals surface area contributed by atoms with Crippen LogP contribution in [0.15, 0.2) is 29.2 Å². The van der Waals surface area contributed by atoms with Crippen molar-refractivity contribution in [1.82, 2.24) is 10.2 Å². The Labute approximate surface area is 103 Å². The number of benzene rings is 1. The zero-order chi connectivity index (χ0) is 11.8. The van der Waals surface area contributed by atoms with E-state index in [1.165, 1.54) is 10.5 Å². The maximum Gasteiger partial charge on any atom is 0.0206 e. The van der Waals surface area contributed by atoms with Crippen LogP contribution in [-0.4, -0.2) is 37.8 Å². The zero-order valence-corrected chi connectivity index (χ0v) is 11.3. The molecule has 2 nitrogen and oxygen atoms in total. The maximum absolute atomic E-state index is 3.46. The molecule has 0 saturated heterocycles. The van der Waals surface area contributed by atoms with Gasteiger partial charge in [0.05, 0.1) is 0 Å². The highest BCUT2D eigenvalue weighted by molar-refractivity contribution is 7.98. The Morgan fingerprint density at radius 3 is 2.50 bits per heavy atom. The third kappa shape index (κ3) is 5.01. The van der Waals surface area contributed by atoms with Gasteiger partial charge in [-0.25, -0.2) is 0 Å². The second-order valence-corrected chi connectivity index (χ2v) is 4.80. The number of hydrogen-bond donors (Lipinski definition) is 1. The van der Waals surface area contributed by atoms with Crippen molar-refractivity contribution in [2.75, 3.05) is 32.9 Å². The van der Waals surface area contributed by atoms with E-state index in [1.807, 2.05) is 0 Å². The Hall–Kier alpha value is -0.510. The Morgan fingerprint density at radius 1 is 1.25 bits per heavy atom. The SMILES string of the molecule is CCN(C)CCNCc1ccc(SC)cc1. The lowest BCUT2D eigenvalue weighted by Gasteiger charge is -2.14. The lowest BCUT2D eigenvalue weighted by molar-refractivity contribution is 0.349. The molecular formula is C13H22N2S. The standard InChI is InChI=1S/C13H22N2S/c1-4-15(2)10-9-14-11-12-5-7-13(16-3)8-6-12/h5-8,14H,4,9-11H2,1-3H3. The zero-order valence-electron chi connectivity index (χ0n) is 10.5. The molecule has 1 rings (SSSR count). The molecule has 1 aromatic carbocycles. The first kappa shape index (κ1) is 13.6. The summed E-state index contributed by atoms with van der Waals surface area (Å²) in [4.78, 5) is 3.64. The average Bonchev–Trinajstić information content (AvgIpc) is 2.35. The molecule has 0 unspecified atom stereocenters. The summed E-state index contributed by atoms with van der Waals surface area (Å²) < 4.78 is 0. The predicted molar refractivity (Wildman–Crippen MR) is 73.1 cm³/mol. The van der Waals surface area contributed by atoms with Gasteiger partial charge >= 0.3 is 0 Å². The van der Waals surface area contributed by atoms with Crippen molar-refractivity contribution in [3.05, 3.63) is 29.8 Å². The summed E-state index contributed by atoms with van der Waals surface area (Å²) in [6.07, 6.45) is 2.10. The molecule has 16 heavy (non-hydrogen) atoms. The molecular weight excluding hydrogens is 216 g/mol. The van der Waals surface area contributed by atoms with E-state index in [9.17, 15) is 0 Å². The summed E-state index contributed by atoms with van der Waals surface area (Å²) in [6, 6.07) is 8.75.